The van der Waals surface area contributed by atoms with E-state index in [4.69, 9.17) is 4.74 Å². The highest BCUT2D eigenvalue weighted by atomic mass is 16.6. The molecule has 5 heteroatoms. The van der Waals surface area contributed by atoms with E-state index in [-0.39, 0.29) is 0 Å². The molecular formula is C11H12O5. The summed E-state index contributed by atoms with van der Waals surface area (Å²) in [6.45, 7) is 0. The summed E-state index contributed by atoms with van der Waals surface area (Å²) in [5, 5.41) is 0. The van der Waals surface area contributed by atoms with E-state index in [0.29, 0.717) is 5.75 Å². The van der Waals surface area contributed by atoms with Gasteiger partial charge < -0.3 is 14.2 Å². The Bertz CT molecular complexity index is 344. The molecule has 0 fully saturated rings. The van der Waals surface area contributed by atoms with Crippen LogP contribution >= 0.6 is 0 Å². The minimum atomic E-state index is -1.39. The third-order valence-electron chi connectivity index (χ3n) is 1.83. The van der Waals surface area contributed by atoms with E-state index in [1.54, 1.807) is 30.3 Å². The molecule has 0 atom stereocenters. The zero-order chi connectivity index (χ0) is 12.0. The van der Waals surface area contributed by atoms with E-state index in [9.17, 15) is 9.59 Å². The van der Waals surface area contributed by atoms with Crippen LogP contribution in [0.3, 0.4) is 0 Å². The monoisotopic (exact) mass is 224 g/mol. The van der Waals surface area contributed by atoms with Crippen LogP contribution in [0.15, 0.2) is 30.3 Å². The zero-order valence-electron chi connectivity index (χ0n) is 9.01. The molecule has 1 rings (SSSR count). The fourth-order valence-corrected chi connectivity index (χ4v) is 1.04. The molecule has 16 heavy (non-hydrogen) atoms. The highest BCUT2D eigenvalue weighted by Crippen LogP contribution is 2.12. The van der Waals surface area contributed by atoms with E-state index >= 15 is 0 Å². The molecule has 0 aliphatic rings. The first-order valence-electron chi connectivity index (χ1n) is 4.56. The van der Waals surface area contributed by atoms with Crippen molar-refractivity contribution < 1.29 is 23.8 Å². The molecule has 0 heterocycles. The predicted octanol–water partition coefficient (Wildman–Crippen LogP) is 0.780. The lowest BCUT2D eigenvalue weighted by molar-refractivity contribution is -0.163. The van der Waals surface area contributed by atoms with Gasteiger partial charge in [0, 0.05) is 0 Å². The van der Waals surface area contributed by atoms with Crippen LogP contribution in [0.5, 0.6) is 5.75 Å². The Morgan fingerprint density at radius 2 is 1.50 bits per heavy atom. The zero-order valence-corrected chi connectivity index (χ0v) is 9.01. The molecule has 0 aliphatic carbocycles. The summed E-state index contributed by atoms with van der Waals surface area (Å²) in [5.74, 6) is -1.20. The van der Waals surface area contributed by atoms with Crippen LogP contribution in [0, 0.1) is 0 Å². The molecule has 0 radical (unpaired) electrons. The summed E-state index contributed by atoms with van der Waals surface area (Å²) < 4.78 is 14.1. The summed E-state index contributed by atoms with van der Waals surface area (Å²) in [6.07, 6.45) is -1.39. The standard InChI is InChI=1S/C11H12O5/c1-14-10(12)9(11(13)15-2)16-8-6-4-3-5-7-8/h3-7,9H,1-2H3. The number of benzene rings is 1. The molecule has 0 amide bonds. The fraction of sp³-hybridized carbons (Fsp3) is 0.273. The highest BCUT2D eigenvalue weighted by molar-refractivity contribution is 5.98. The second-order valence-electron chi connectivity index (χ2n) is 2.86. The van der Waals surface area contributed by atoms with Crippen LogP contribution in [0.25, 0.3) is 0 Å². The normalized spacial score (nSPS) is 9.69. The number of ether oxygens (including phenoxy) is 3. The topological polar surface area (TPSA) is 61.8 Å². The lowest BCUT2D eigenvalue weighted by atomic mass is 10.3. The van der Waals surface area contributed by atoms with Gasteiger partial charge in [-0.25, -0.2) is 9.59 Å². The minimum absolute atomic E-state index is 0.392. The van der Waals surface area contributed by atoms with Crippen molar-refractivity contribution in [2.45, 2.75) is 6.10 Å². The molecule has 0 aromatic heterocycles. The summed E-state index contributed by atoms with van der Waals surface area (Å²) in [6, 6.07) is 8.48. The van der Waals surface area contributed by atoms with Gasteiger partial charge in [-0.2, -0.15) is 0 Å². The first-order chi connectivity index (χ1) is 7.69. The smallest absolute Gasteiger partial charge is 0.359 e. The van der Waals surface area contributed by atoms with Crippen molar-refractivity contribution >= 4 is 11.9 Å². The third-order valence-corrected chi connectivity index (χ3v) is 1.83. The summed E-state index contributed by atoms with van der Waals surface area (Å²) in [4.78, 5) is 22.5. The molecular weight excluding hydrogens is 212 g/mol. The first kappa shape index (κ1) is 12.0. The predicted molar refractivity (Wildman–Crippen MR) is 54.9 cm³/mol. The molecule has 0 unspecified atom stereocenters. The maximum atomic E-state index is 11.3. The van der Waals surface area contributed by atoms with Crippen molar-refractivity contribution in [2.75, 3.05) is 14.2 Å². The van der Waals surface area contributed by atoms with Gasteiger partial charge in [-0.15, -0.1) is 0 Å². The molecule has 0 bridgehead atoms. The molecule has 0 saturated carbocycles. The van der Waals surface area contributed by atoms with Gasteiger partial charge in [0.15, 0.2) is 0 Å². The number of para-hydroxylation sites is 1. The van der Waals surface area contributed by atoms with Crippen LogP contribution in [-0.2, 0) is 19.1 Å². The van der Waals surface area contributed by atoms with Crippen LogP contribution in [0.4, 0.5) is 0 Å². The Kier molecular flexibility index (Phi) is 4.32. The van der Waals surface area contributed by atoms with Crippen molar-refractivity contribution in [2.24, 2.45) is 0 Å². The maximum absolute atomic E-state index is 11.3. The van der Waals surface area contributed by atoms with Crippen LogP contribution in [0.2, 0.25) is 0 Å². The molecule has 86 valence electrons. The van der Waals surface area contributed by atoms with E-state index in [1.807, 2.05) is 0 Å². The average molecular weight is 224 g/mol. The molecule has 0 N–H and O–H groups in total. The van der Waals surface area contributed by atoms with E-state index in [0.717, 1.165) is 0 Å². The van der Waals surface area contributed by atoms with Crippen molar-refractivity contribution in [1.82, 2.24) is 0 Å². The number of hydrogen-bond acceptors (Lipinski definition) is 5. The molecule has 1 aromatic carbocycles. The van der Waals surface area contributed by atoms with Crippen molar-refractivity contribution in [3.63, 3.8) is 0 Å². The average Bonchev–Trinajstić information content (AvgIpc) is 2.35. The van der Waals surface area contributed by atoms with Crippen LogP contribution in [-0.4, -0.2) is 32.3 Å². The van der Waals surface area contributed by atoms with Gasteiger partial charge in [-0.1, -0.05) is 18.2 Å². The van der Waals surface area contributed by atoms with Crippen LogP contribution in [0.1, 0.15) is 0 Å². The number of carbonyl (C=O) groups excluding carboxylic acids is 2. The van der Waals surface area contributed by atoms with E-state index in [1.165, 1.54) is 14.2 Å². The van der Waals surface area contributed by atoms with Crippen LogP contribution < -0.4 is 4.74 Å². The summed E-state index contributed by atoms with van der Waals surface area (Å²) in [5.41, 5.74) is 0. The number of rotatable bonds is 4. The van der Waals surface area contributed by atoms with Gasteiger partial charge >= 0.3 is 11.9 Å². The molecule has 5 nitrogen and oxygen atoms in total. The quantitative estimate of drug-likeness (QED) is 0.558. The van der Waals surface area contributed by atoms with Crippen molar-refractivity contribution in [3.8, 4) is 5.75 Å². The maximum Gasteiger partial charge on any atom is 0.359 e. The summed E-state index contributed by atoms with van der Waals surface area (Å²) in [7, 11) is 2.35. The highest BCUT2D eigenvalue weighted by Gasteiger charge is 2.30. The third kappa shape index (κ3) is 2.98. The van der Waals surface area contributed by atoms with Crippen molar-refractivity contribution in [1.29, 1.82) is 0 Å². The lowest BCUT2D eigenvalue weighted by Gasteiger charge is -2.14. The Balaban J connectivity index is 2.79. The van der Waals surface area contributed by atoms with Gasteiger partial charge in [-0.05, 0) is 12.1 Å². The second kappa shape index (κ2) is 5.75. The number of esters is 2. The molecule has 0 saturated heterocycles. The Morgan fingerprint density at radius 1 is 1.00 bits per heavy atom. The van der Waals surface area contributed by atoms with Gasteiger partial charge in [0.25, 0.3) is 6.10 Å². The van der Waals surface area contributed by atoms with Crippen molar-refractivity contribution in [3.05, 3.63) is 30.3 Å². The Morgan fingerprint density at radius 3 is 1.94 bits per heavy atom. The number of hydrogen-bond donors (Lipinski definition) is 0. The Hall–Kier alpha value is -2.04. The lowest BCUT2D eigenvalue weighted by Crippen LogP contribution is -2.37. The van der Waals surface area contributed by atoms with Gasteiger partial charge in [0.05, 0.1) is 14.2 Å². The first-order valence-corrected chi connectivity index (χ1v) is 4.56. The van der Waals surface area contributed by atoms with E-state index < -0.39 is 18.0 Å². The number of methoxy groups -OCH3 is 2. The summed E-state index contributed by atoms with van der Waals surface area (Å²) >= 11 is 0. The second-order valence-corrected chi connectivity index (χ2v) is 2.86. The van der Waals surface area contributed by atoms with E-state index in [2.05, 4.69) is 9.47 Å². The minimum Gasteiger partial charge on any atom is -0.467 e. The van der Waals surface area contributed by atoms with Gasteiger partial charge in [0.1, 0.15) is 5.75 Å². The molecule has 0 aliphatic heterocycles. The Labute approximate surface area is 92.9 Å². The fourth-order valence-electron chi connectivity index (χ4n) is 1.04. The number of carbonyl (C=O) groups is 2. The SMILES string of the molecule is COC(=O)C(Oc1ccccc1)C(=O)OC. The largest absolute Gasteiger partial charge is 0.467 e. The van der Waals surface area contributed by atoms with Gasteiger partial charge in [-0.3, -0.25) is 0 Å². The molecule has 0 spiro atoms. The van der Waals surface area contributed by atoms with Gasteiger partial charge in [0.2, 0.25) is 0 Å². The molecule has 1 aromatic rings.